The highest BCUT2D eigenvalue weighted by molar-refractivity contribution is 5.83. The lowest BCUT2D eigenvalue weighted by atomic mass is 9.93. The van der Waals surface area contributed by atoms with Gasteiger partial charge in [0, 0.05) is 31.6 Å². The molecule has 5 heteroatoms. The number of likely N-dealkylation sites (tertiary alicyclic amines) is 1. The summed E-state index contributed by atoms with van der Waals surface area (Å²) in [6.45, 7) is 3.10. The van der Waals surface area contributed by atoms with Crippen LogP contribution in [0.15, 0.2) is 30.3 Å². The number of rotatable bonds is 5. The second-order valence-electron chi connectivity index (χ2n) is 8.28. The molecule has 4 rings (SSSR count). The number of carbonyl (C=O) groups is 2. The average molecular weight is 370 g/mol. The van der Waals surface area contributed by atoms with Crippen LogP contribution in [0.3, 0.4) is 0 Å². The Balaban J connectivity index is 1.32. The number of hydrogen-bond acceptors (Lipinski definition) is 3. The molecular formula is C22H31N3O2. The molecule has 5 nitrogen and oxygen atoms in total. The zero-order chi connectivity index (χ0) is 18.6. The third-order valence-corrected chi connectivity index (χ3v) is 6.23. The van der Waals surface area contributed by atoms with E-state index in [4.69, 9.17) is 0 Å². The summed E-state index contributed by atoms with van der Waals surface area (Å²) in [5.74, 6) is 0.603. The van der Waals surface area contributed by atoms with Gasteiger partial charge in [0.05, 0.1) is 6.04 Å². The maximum Gasteiger partial charge on any atom is 0.239 e. The Morgan fingerprint density at radius 1 is 1.00 bits per heavy atom. The summed E-state index contributed by atoms with van der Waals surface area (Å²) >= 11 is 0. The van der Waals surface area contributed by atoms with Gasteiger partial charge in [-0.25, -0.2) is 0 Å². The standard InChI is InChI=1S/C22H31N3O2/c26-21(25(19-9-10-19)16-17-6-2-1-3-7-17)18-11-14-24(15-12-18)22(27)20-8-4-5-13-23-20/h1-3,6-7,18-20,23H,4-5,8-16H2. The predicted octanol–water partition coefficient (Wildman–Crippen LogP) is 2.56. The fourth-order valence-electron chi connectivity index (χ4n) is 4.42. The summed E-state index contributed by atoms with van der Waals surface area (Å²) in [7, 11) is 0. The quantitative estimate of drug-likeness (QED) is 0.868. The van der Waals surface area contributed by atoms with Crippen molar-refractivity contribution in [3.8, 4) is 0 Å². The van der Waals surface area contributed by atoms with Crippen LogP contribution in [0.4, 0.5) is 0 Å². The Kier molecular flexibility index (Phi) is 5.77. The number of piperidine rings is 2. The van der Waals surface area contributed by atoms with Crippen molar-refractivity contribution in [2.75, 3.05) is 19.6 Å². The van der Waals surface area contributed by atoms with E-state index in [1.807, 2.05) is 23.1 Å². The van der Waals surface area contributed by atoms with Crippen LogP contribution in [0.1, 0.15) is 50.5 Å². The van der Waals surface area contributed by atoms with Crippen molar-refractivity contribution in [2.24, 2.45) is 5.92 Å². The van der Waals surface area contributed by atoms with Crippen LogP contribution in [-0.4, -0.2) is 53.3 Å². The molecule has 0 spiro atoms. The van der Waals surface area contributed by atoms with Crippen LogP contribution >= 0.6 is 0 Å². The molecule has 0 radical (unpaired) electrons. The summed E-state index contributed by atoms with van der Waals surface area (Å²) in [5.41, 5.74) is 1.20. The maximum atomic E-state index is 13.2. The fraction of sp³-hybridized carbons (Fsp3) is 0.636. The van der Waals surface area contributed by atoms with Crippen molar-refractivity contribution in [3.05, 3.63) is 35.9 Å². The lowest BCUT2D eigenvalue weighted by Gasteiger charge is -2.36. The highest BCUT2D eigenvalue weighted by Crippen LogP contribution is 2.32. The maximum absolute atomic E-state index is 13.2. The molecule has 0 bridgehead atoms. The van der Waals surface area contributed by atoms with Gasteiger partial charge in [-0.15, -0.1) is 0 Å². The molecule has 27 heavy (non-hydrogen) atoms. The van der Waals surface area contributed by atoms with E-state index >= 15 is 0 Å². The number of nitrogens with zero attached hydrogens (tertiary/aromatic N) is 2. The summed E-state index contributed by atoms with van der Waals surface area (Å²) in [4.78, 5) is 29.9. The summed E-state index contributed by atoms with van der Waals surface area (Å²) in [6.07, 6.45) is 7.11. The van der Waals surface area contributed by atoms with Crippen LogP contribution in [-0.2, 0) is 16.1 Å². The summed E-state index contributed by atoms with van der Waals surface area (Å²) in [5, 5.41) is 3.35. The lowest BCUT2D eigenvalue weighted by Crippen LogP contribution is -2.52. The van der Waals surface area contributed by atoms with Gasteiger partial charge in [-0.3, -0.25) is 9.59 Å². The first-order valence-electron chi connectivity index (χ1n) is 10.6. The number of benzene rings is 1. The molecule has 3 aliphatic rings. The van der Waals surface area contributed by atoms with Crippen molar-refractivity contribution in [1.82, 2.24) is 15.1 Å². The van der Waals surface area contributed by atoms with Gasteiger partial charge in [0.25, 0.3) is 0 Å². The lowest BCUT2D eigenvalue weighted by molar-refractivity contribution is -0.142. The van der Waals surface area contributed by atoms with E-state index in [0.717, 1.165) is 64.7 Å². The van der Waals surface area contributed by atoms with E-state index in [-0.39, 0.29) is 17.9 Å². The molecule has 1 aliphatic carbocycles. The first-order valence-corrected chi connectivity index (χ1v) is 10.6. The molecule has 1 aromatic rings. The van der Waals surface area contributed by atoms with E-state index < -0.39 is 0 Å². The Bertz CT molecular complexity index is 645. The zero-order valence-corrected chi connectivity index (χ0v) is 16.1. The van der Waals surface area contributed by atoms with E-state index in [2.05, 4.69) is 22.3 Å². The molecule has 146 valence electrons. The molecular weight excluding hydrogens is 338 g/mol. The molecule has 1 atom stereocenters. The molecule has 2 aliphatic heterocycles. The second-order valence-corrected chi connectivity index (χ2v) is 8.28. The van der Waals surface area contributed by atoms with Crippen LogP contribution in [0.25, 0.3) is 0 Å². The first kappa shape index (κ1) is 18.5. The molecule has 1 N–H and O–H groups in total. The van der Waals surface area contributed by atoms with Gasteiger partial charge in [0.2, 0.25) is 11.8 Å². The van der Waals surface area contributed by atoms with Gasteiger partial charge in [0.15, 0.2) is 0 Å². The monoisotopic (exact) mass is 369 g/mol. The van der Waals surface area contributed by atoms with Crippen LogP contribution < -0.4 is 5.32 Å². The second kappa shape index (κ2) is 8.42. The Hall–Kier alpha value is -1.88. The Morgan fingerprint density at radius 3 is 2.37 bits per heavy atom. The van der Waals surface area contributed by atoms with Gasteiger partial charge in [-0.2, -0.15) is 0 Å². The third-order valence-electron chi connectivity index (χ3n) is 6.23. The minimum absolute atomic E-state index is 0.00737. The molecule has 3 fully saturated rings. The summed E-state index contributed by atoms with van der Waals surface area (Å²) < 4.78 is 0. The smallest absolute Gasteiger partial charge is 0.239 e. The van der Waals surface area contributed by atoms with Gasteiger partial charge >= 0.3 is 0 Å². The van der Waals surface area contributed by atoms with Crippen LogP contribution in [0.2, 0.25) is 0 Å². The van der Waals surface area contributed by atoms with Gasteiger partial charge in [-0.1, -0.05) is 36.8 Å². The topological polar surface area (TPSA) is 52.7 Å². The van der Waals surface area contributed by atoms with Gasteiger partial charge < -0.3 is 15.1 Å². The Morgan fingerprint density at radius 2 is 1.74 bits per heavy atom. The molecule has 2 amide bonds. The minimum atomic E-state index is -0.00737. The van der Waals surface area contributed by atoms with Crippen LogP contribution in [0.5, 0.6) is 0 Å². The average Bonchev–Trinajstić information content (AvgIpc) is 3.58. The third kappa shape index (κ3) is 4.52. The zero-order valence-electron chi connectivity index (χ0n) is 16.1. The van der Waals surface area contributed by atoms with Crippen LogP contribution in [0, 0.1) is 5.92 Å². The van der Waals surface area contributed by atoms with Crippen molar-refractivity contribution in [1.29, 1.82) is 0 Å². The number of carbonyl (C=O) groups excluding carboxylic acids is 2. The molecule has 2 saturated heterocycles. The van der Waals surface area contributed by atoms with Gasteiger partial charge in [0.1, 0.15) is 0 Å². The van der Waals surface area contributed by atoms with Gasteiger partial charge in [-0.05, 0) is 50.6 Å². The van der Waals surface area contributed by atoms with E-state index in [0.29, 0.717) is 11.9 Å². The number of hydrogen-bond donors (Lipinski definition) is 1. The van der Waals surface area contributed by atoms with Crippen molar-refractivity contribution in [2.45, 2.75) is 63.6 Å². The highest BCUT2D eigenvalue weighted by atomic mass is 16.2. The van der Waals surface area contributed by atoms with Crippen molar-refractivity contribution in [3.63, 3.8) is 0 Å². The van der Waals surface area contributed by atoms with E-state index in [9.17, 15) is 9.59 Å². The number of nitrogens with one attached hydrogen (secondary N) is 1. The predicted molar refractivity (Wildman–Crippen MR) is 105 cm³/mol. The molecule has 0 aromatic heterocycles. The molecule has 1 unspecified atom stereocenters. The largest absolute Gasteiger partial charge is 0.341 e. The van der Waals surface area contributed by atoms with Crippen molar-refractivity contribution >= 4 is 11.8 Å². The van der Waals surface area contributed by atoms with Crippen molar-refractivity contribution < 1.29 is 9.59 Å². The first-order chi connectivity index (χ1) is 13.2. The number of amides is 2. The molecule has 1 aromatic carbocycles. The Labute approximate surface area is 162 Å². The van der Waals surface area contributed by atoms with E-state index in [1.54, 1.807) is 0 Å². The minimum Gasteiger partial charge on any atom is -0.341 e. The normalized spacial score (nSPS) is 23.9. The SMILES string of the molecule is O=C(C1CCCCN1)N1CCC(C(=O)N(Cc2ccccc2)C2CC2)CC1. The highest BCUT2D eigenvalue weighted by Gasteiger charge is 2.38. The molecule has 1 saturated carbocycles. The molecule has 2 heterocycles. The van der Waals surface area contributed by atoms with E-state index in [1.165, 1.54) is 12.0 Å². The fourth-order valence-corrected chi connectivity index (χ4v) is 4.42. The summed E-state index contributed by atoms with van der Waals surface area (Å²) in [6, 6.07) is 10.7.